The number of aromatic nitrogens is 3. The summed E-state index contributed by atoms with van der Waals surface area (Å²) in [7, 11) is 2.03. The van der Waals surface area contributed by atoms with Gasteiger partial charge in [-0.25, -0.2) is 0 Å². The van der Waals surface area contributed by atoms with Crippen LogP contribution in [-0.2, 0) is 23.2 Å². The molecule has 0 aliphatic carbocycles. The van der Waals surface area contributed by atoms with Gasteiger partial charge in [0.15, 0.2) is 10.9 Å². The highest BCUT2D eigenvalue weighted by Crippen LogP contribution is 2.46. The van der Waals surface area contributed by atoms with Gasteiger partial charge in [0.05, 0.1) is 5.75 Å². The number of carbonyl (C=O) groups excluding carboxylic acids is 1. The van der Waals surface area contributed by atoms with Gasteiger partial charge < -0.3 is 9.47 Å². The van der Waals surface area contributed by atoms with Crippen molar-refractivity contribution in [1.29, 1.82) is 0 Å². The molecule has 0 saturated heterocycles. The third-order valence-electron chi connectivity index (χ3n) is 5.34. The van der Waals surface area contributed by atoms with E-state index in [0.717, 1.165) is 29.5 Å². The molecule has 4 rings (SSSR count). The predicted molar refractivity (Wildman–Crippen MR) is 120 cm³/mol. The van der Waals surface area contributed by atoms with Crippen molar-refractivity contribution < 1.29 is 4.79 Å². The van der Waals surface area contributed by atoms with E-state index in [2.05, 4.69) is 64.7 Å². The monoisotopic (exact) mass is 424 g/mol. The standard InChI is InChI=1S/C22H24N4OS2/c1-22(2)18-8-4-5-9-19(18)25(3)20(22)13-16(27)14-29-21-24-23-15-26(21)11-10-17-7-6-12-28-17/h4-9,12-13,15H,10-11,14H2,1-3H3. The van der Waals surface area contributed by atoms with Crippen LogP contribution in [0.2, 0.25) is 0 Å². The zero-order chi connectivity index (χ0) is 20.4. The number of likely N-dealkylation sites (N-methyl/N-ethyl adjacent to an activating group) is 1. The average molecular weight is 425 g/mol. The molecule has 0 atom stereocenters. The minimum absolute atomic E-state index is 0.0885. The fourth-order valence-corrected chi connectivity index (χ4v) is 5.25. The van der Waals surface area contributed by atoms with Gasteiger partial charge >= 0.3 is 0 Å². The van der Waals surface area contributed by atoms with E-state index < -0.39 is 0 Å². The Balaban J connectivity index is 1.42. The molecule has 0 fully saturated rings. The van der Waals surface area contributed by atoms with E-state index in [9.17, 15) is 4.79 Å². The van der Waals surface area contributed by atoms with Crippen LogP contribution in [0.25, 0.3) is 0 Å². The van der Waals surface area contributed by atoms with Crippen LogP contribution in [0.1, 0.15) is 24.3 Å². The van der Waals surface area contributed by atoms with Crippen LogP contribution in [-0.4, -0.2) is 33.3 Å². The van der Waals surface area contributed by atoms with Crippen molar-refractivity contribution >= 4 is 34.6 Å². The zero-order valence-electron chi connectivity index (χ0n) is 16.8. The first-order valence-electron chi connectivity index (χ1n) is 9.58. The first-order valence-corrected chi connectivity index (χ1v) is 11.4. The molecule has 0 radical (unpaired) electrons. The second-order valence-electron chi connectivity index (χ2n) is 7.62. The van der Waals surface area contributed by atoms with Crippen LogP contribution in [0.3, 0.4) is 0 Å². The number of aryl methyl sites for hydroxylation is 2. The van der Waals surface area contributed by atoms with Gasteiger partial charge in [0, 0.05) is 41.3 Å². The lowest BCUT2D eigenvalue weighted by Crippen LogP contribution is -2.24. The number of allylic oxidation sites excluding steroid dienone is 2. The van der Waals surface area contributed by atoms with E-state index in [1.54, 1.807) is 23.7 Å². The van der Waals surface area contributed by atoms with Crippen molar-refractivity contribution in [3.05, 3.63) is 70.3 Å². The van der Waals surface area contributed by atoms with Gasteiger partial charge in [0.25, 0.3) is 0 Å². The first kappa shape index (κ1) is 19.9. The fourth-order valence-electron chi connectivity index (χ4n) is 3.78. The maximum absolute atomic E-state index is 12.8. The lowest BCUT2D eigenvalue weighted by Gasteiger charge is -2.23. The Morgan fingerprint density at radius 3 is 2.83 bits per heavy atom. The molecule has 29 heavy (non-hydrogen) atoms. The highest BCUT2D eigenvalue weighted by atomic mass is 32.2. The molecule has 1 aromatic carbocycles. The number of benzene rings is 1. The van der Waals surface area contributed by atoms with Crippen LogP contribution >= 0.6 is 23.1 Å². The Bertz CT molecular complexity index is 1040. The minimum Gasteiger partial charge on any atom is -0.347 e. The number of para-hydroxylation sites is 1. The van der Waals surface area contributed by atoms with E-state index in [4.69, 9.17) is 0 Å². The Kier molecular flexibility index (Phi) is 5.61. The molecule has 3 heterocycles. The Morgan fingerprint density at radius 2 is 2.07 bits per heavy atom. The highest BCUT2D eigenvalue weighted by Gasteiger charge is 2.38. The summed E-state index contributed by atoms with van der Waals surface area (Å²) in [5.41, 5.74) is 3.26. The second kappa shape index (κ2) is 8.16. The summed E-state index contributed by atoms with van der Waals surface area (Å²) in [6, 6.07) is 12.5. The molecule has 0 spiro atoms. The number of nitrogens with zero attached hydrogens (tertiary/aromatic N) is 4. The fraction of sp³-hybridized carbons (Fsp3) is 0.318. The summed E-state index contributed by atoms with van der Waals surface area (Å²) in [6.07, 6.45) is 4.47. The topological polar surface area (TPSA) is 51.0 Å². The average Bonchev–Trinajstić information content (AvgIpc) is 3.42. The van der Waals surface area contributed by atoms with Crippen LogP contribution < -0.4 is 4.90 Å². The maximum atomic E-state index is 12.8. The summed E-state index contributed by atoms with van der Waals surface area (Å²) in [6.45, 7) is 5.15. The number of anilines is 1. The van der Waals surface area contributed by atoms with Gasteiger partial charge in [-0.1, -0.05) is 49.9 Å². The van der Waals surface area contributed by atoms with Gasteiger partial charge in [-0.2, -0.15) is 0 Å². The van der Waals surface area contributed by atoms with Gasteiger partial charge in [0.1, 0.15) is 6.33 Å². The third-order valence-corrected chi connectivity index (χ3v) is 7.28. The first-order chi connectivity index (χ1) is 14.0. The molecule has 0 amide bonds. The van der Waals surface area contributed by atoms with Crippen LogP contribution in [0, 0.1) is 0 Å². The molecule has 150 valence electrons. The van der Waals surface area contributed by atoms with E-state index in [1.807, 2.05) is 17.7 Å². The quantitative estimate of drug-likeness (QED) is 0.411. The number of rotatable bonds is 7. The van der Waals surface area contributed by atoms with Gasteiger partial charge in [0.2, 0.25) is 0 Å². The molecule has 0 N–H and O–H groups in total. The van der Waals surface area contributed by atoms with E-state index in [-0.39, 0.29) is 11.2 Å². The molecule has 5 nitrogen and oxygen atoms in total. The molecule has 0 bridgehead atoms. The largest absolute Gasteiger partial charge is 0.347 e. The molecule has 2 aromatic heterocycles. The second-order valence-corrected chi connectivity index (χ2v) is 9.60. The van der Waals surface area contributed by atoms with E-state index >= 15 is 0 Å². The molecule has 1 aliphatic heterocycles. The van der Waals surface area contributed by atoms with Crippen molar-refractivity contribution in [3.63, 3.8) is 0 Å². The lowest BCUT2D eigenvalue weighted by molar-refractivity contribution is -0.112. The molecule has 0 saturated carbocycles. The maximum Gasteiger partial charge on any atom is 0.191 e. The minimum atomic E-state index is -0.188. The smallest absolute Gasteiger partial charge is 0.191 e. The number of thioether (sulfide) groups is 1. The molecule has 7 heteroatoms. The van der Waals surface area contributed by atoms with Crippen LogP contribution in [0.15, 0.2) is 65.0 Å². The van der Waals surface area contributed by atoms with Crippen molar-refractivity contribution in [2.45, 2.75) is 37.4 Å². The number of carbonyl (C=O) groups is 1. The van der Waals surface area contributed by atoms with Crippen molar-refractivity contribution in [2.75, 3.05) is 17.7 Å². The number of thiophene rings is 1. The lowest BCUT2D eigenvalue weighted by atomic mass is 9.83. The Hall–Kier alpha value is -2.38. The summed E-state index contributed by atoms with van der Waals surface area (Å²) in [4.78, 5) is 16.2. The molecule has 0 unspecified atom stereocenters. The number of hydrogen-bond acceptors (Lipinski definition) is 6. The number of hydrogen-bond donors (Lipinski definition) is 0. The van der Waals surface area contributed by atoms with E-state index in [0.29, 0.717) is 5.75 Å². The van der Waals surface area contributed by atoms with Crippen LogP contribution in [0.4, 0.5) is 5.69 Å². The Morgan fingerprint density at radius 1 is 1.24 bits per heavy atom. The SMILES string of the molecule is CN1C(=CC(=O)CSc2nncn2CCc2cccs2)C(C)(C)c2ccccc21. The third kappa shape index (κ3) is 4.02. The molecule has 1 aliphatic rings. The number of fused-ring (bicyclic) bond motifs is 1. The van der Waals surface area contributed by atoms with Gasteiger partial charge in [-0.3, -0.25) is 4.79 Å². The summed E-state index contributed by atoms with van der Waals surface area (Å²) in [5.74, 6) is 0.437. The summed E-state index contributed by atoms with van der Waals surface area (Å²) >= 11 is 3.20. The normalized spacial score (nSPS) is 16.4. The molecular weight excluding hydrogens is 400 g/mol. The summed E-state index contributed by atoms with van der Waals surface area (Å²) < 4.78 is 2.02. The number of ketones is 1. The van der Waals surface area contributed by atoms with Gasteiger partial charge in [-0.05, 0) is 29.5 Å². The van der Waals surface area contributed by atoms with Crippen molar-refractivity contribution in [2.24, 2.45) is 0 Å². The van der Waals surface area contributed by atoms with E-state index in [1.165, 1.54) is 22.2 Å². The Labute approximate surface area is 179 Å². The van der Waals surface area contributed by atoms with Crippen molar-refractivity contribution in [3.8, 4) is 0 Å². The zero-order valence-corrected chi connectivity index (χ0v) is 18.5. The van der Waals surface area contributed by atoms with Crippen LogP contribution in [0.5, 0.6) is 0 Å². The highest BCUT2D eigenvalue weighted by molar-refractivity contribution is 7.99. The van der Waals surface area contributed by atoms with Crippen molar-refractivity contribution in [1.82, 2.24) is 14.8 Å². The summed E-state index contributed by atoms with van der Waals surface area (Å²) in [5, 5.41) is 11.1. The predicted octanol–water partition coefficient (Wildman–Crippen LogP) is 4.56. The van der Waals surface area contributed by atoms with Gasteiger partial charge in [-0.15, -0.1) is 21.5 Å². The molecule has 3 aromatic rings. The molecular formula is C22H24N4OS2.